The van der Waals surface area contributed by atoms with Crippen molar-refractivity contribution < 1.29 is 27.4 Å². The molecule has 0 fully saturated rings. The van der Waals surface area contributed by atoms with Crippen LogP contribution in [0.25, 0.3) is 11.1 Å². The van der Waals surface area contributed by atoms with Gasteiger partial charge < -0.3 is 14.8 Å². The number of nitriles is 1. The number of carbonyl (C=O) groups excluding carboxylic acids is 1. The molecule has 2 rings (SSSR count). The molecule has 0 aliphatic rings. The molecule has 0 unspecified atom stereocenters. The molecule has 33 heavy (non-hydrogen) atoms. The Labute approximate surface area is 191 Å². The van der Waals surface area contributed by atoms with Crippen LogP contribution in [0.1, 0.15) is 31.9 Å². The second kappa shape index (κ2) is 11.6. The summed E-state index contributed by atoms with van der Waals surface area (Å²) in [6, 6.07) is 9.81. The minimum Gasteiger partial charge on any atom is -0.493 e. The van der Waals surface area contributed by atoms with Gasteiger partial charge in [0.05, 0.1) is 26.3 Å². The Morgan fingerprint density at radius 3 is 2.15 bits per heavy atom. The molecule has 0 aliphatic carbocycles. The molecule has 0 aromatic heterocycles. The zero-order chi connectivity index (χ0) is 24.6. The van der Waals surface area contributed by atoms with Crippen LogP contribution in [-0.4, -0.2) is 38.9 Å². The van der Waals surface area contributed by atoms with Gasteiger partial charge in [-0.25, -0.2) is 0 Å². The van der Waals surface area contributed by atoms with Gasteiger partial charge in [0, 0.05) is 0 Å². The SMILES string of the molecule is COc1ccc(-c2ccc([C@H](N[C@@H](CC(C)C)C(=O)NCC#N)C(F)(F)F)cc2)cc1OC. The van der Waals surface area contributed by atoms with Gasteiger partial charge in [0.1, 0.15) is 12.6 Å². The highest BCUT2D eigenvalue weighted by molar-refractivity contribution is 5.82. The Hall–Kier alpha value is -3.25. The molecular formula is C24H28F3N3O3. The van der Waals surface area contributed by atoms with Crippen molar-refractivity contribution in [1.82, 2.24) is 10.6 Å². The molecule has 0 heterocycles. The molecule has 0 saturated heterocycles. The number of ether oxygens (including phenoxy) is 2. The van der Waals surface area contributed by atoms with Gasteiger partial charge in [0.2, 0.25) is 5.91 Å². The minimum atomic E-state index is -4.63. The van der Waals surface area contributed by atoms with E-state index in [2.05, 4.69) is 10.6 Å². The lowest BCUT2D eigenvalue weighted by molar-refractivity contribution is -0.161. The molecule has 2 aromatic rings. The standard InChI is InChI=1S/C24H28F3N3O3/c1-15(2)13-19(23(31)29-12-11-28)30-22(24(25,26)27)17-7-5-16(6-8-17)18-9-10-20(32-3)21(14-18)33-4/h5-10,14-15,19,22,30H,12-13H2,1-4H3,(H,29,31)/t19-,22-/m0/s1. The Balaban J connectivity index is 2.33. The van der Waals surface area contributed by atoms with E-state index in [1.807, 2.05) is 13.8 Å². The molecule has 2 aromatic carbocycles. The van der Waals surface area contributed by atoms with Crippen molar-refractivity contribution >= 4 is 5.91 Å². The Morgan fingerprint density at radius 2 is 1.64 bits per heavy atom. The zero-order valence-electron chi connectivity index (χ0n) is 19.0. The number of methoxy groups -OCH3 is 2. The van der Waals surface area contributed by atoms with E-state index in [1.54, 1.807) is 36.4 Å². The summed E-state index contributed by atoms with van der Waals surface area (Å²) in [5.41, 5.74) is 1.43. The van der Waals surface area contributed by atoms with Crippen LogP contribution in [0.4, 0.5) is 13.2 Å². The monoisotopic (exact) mass is 463 g/mol. The van der Waals surface area contributed by atoms with Gasteiger partial charge in [0.25, 0.3) is 0 Å². The second-order valence-corrected chi connectivity index (χ2v) is 7.89. The van der Waals surface area contributed by atoms with E-state index in [1.165, 1.54) is 26.4 Å². The molecular weight excluding hydrogens is 435 g/mol. The average molecular weight is 464 g/mol. The third-order valence-corrected chi connectivity index (χ3v) is 5.02. The van der Waals surface area contributed by atoms with Crippen molar-refractivity contribution in [3.63, 3.8) is 0 Å². The molecule has 0 saturated carbocycles. The van der Waals surface area contributed by atoms with Gasteiger partial charge in [-0.2, -0.15) is 18.4 Å². The molecule has 2 N–H and O–H groups in total. The van der Waals surface area contributed by atoms with E-state index in [0.29, 0.717) is 17.1 Å². The van der Waals surface area contributed by atoms with Gasteiger partial charge in [-0.15, -0.1) is 0 Å². The Morgan fingerprint density at radius 1 is 1.03 bits per heavy atom. The summed E-state index contributed by atoms with van der Waals surface area (Å²) in [5.74, 6) is 0.386. The zero-order valence-corrected chi connectivity index (χ0v) is 19.0. The topological polar surface area (TPSA) is 83.4 Å². The van der Waals surface area contributed by atoms with Crippen LogP contribution in [0, 0.1) is 17.2 Å². The fourth-order valence-corrected chi connectivity index (χ4v) is 3.44. The summed E-state index contributed by atoms with van der Waals surface area (Å²) in [7, 11) is 3.02. The molecule has 0 bridgehead atoms. The Bertz CT molecular complexity index is 970. The van der Waals surface area contributed by atoms with Crippen molar-refractivity contribution in [2.24, 2.45) is 5.92 Å². The van der Waals surface area contributed by atoms with Crippen molar-refractivity contribution in [2.45, 2.75) is 38.5 Å². The first kappa shape index (κ1) is 26.0. The summed E-state index contributed by atoms with van der Waals surface area (Å²) >= 11 is 0. The number of rotatable bonds is 10. The first-order valence-electron chi connectivity index (χ1n) is 10.4. The molecule has 178 valence electrons. The number of alkyl halides is 3. The first-order valence-corrected chi connectivity index (χ1v) is 10.4. The van der Waals surface area contributed by atoms with E-state index < -0.39 is 24.2 Å². The number of amides is 1. The highest BCUT2D eigenvalue weighted by Gasteiger charge is 2.42. The average Bonchev–Trinajstić information content (AvgIpc) is 2.78. The summed E-state index contributed by atoms with van der Waals surface area (Å²) in [5, 5.41) is 13.5. The quantitative estimate of drug-likeness (QED) is 0.503. The van der Waals surface area contributed by atoms with Crippen LogP contribution in [0.2, 0.25) is 0 Å². The maximum absolute atomic E-state index is 13.9. The highest BCUT2D eigenvalue weighted by Crippen LogP contribution is 2.36. The predicted molar refractivity (Wildman–Crippen MR) is 119 cm³/mol. The van der Waals surface area contributed by atoms with E-state index in [0.717, 1.165) is 5.56 Å². The van der Waals surface area contributed by atoms with Crippen LogP contribution in [0.15, 0.2) is 42.5 Å². The molecule has 6 nitrogen and oxygen atoms in total. The largest absolute Gasteiger partial charge is 0.493 e. The lowest BCUT2D eigenvalue weighted by Crippen LogP contribution is -2.49. The molecule has 0 radical (unpaired) electrons. The summed E-state index contributed by atoms with van der Waals surface area (Å²) in [6.45, 7) is 3.35. The molecule has 2 atom stereocenters. The smallest absolute Gasteiger partial charge is 0.407 e. The third kappa shape index (κ3) is 7.12. The number of nitrogens with zero attached hydrogens (tertiary/aromatic N) is 1. The van der Waals surface area contributed by atoms with E-state index in [4.69, 9.17) is 14.7 Å². The minimum absolute atomic E-state index is 0.0198. The maximum Gasteiger partial charge on any atom is 0.407 e. The lowest BCUT2D eigenvalue weighted by atomic mass is 9.97. The maximum atomic E-state index is 13.9. The highest BCUT2D eigenvalue weighted by atomic mass is 19.4. The van der Waals surface area contributed by atoms with Gasteiger partial charge in [-0.3, -0.25) is 10.1 Å². The Kier molecular flexibility index (Phi) is 9.12. The van der Waals surface area contributed by atoms with Crippen LogP contribution < -0.4 is 20.1 Å². The number of nitrogens with one attached hydrogen (secondary N) is 2. The normalized spacial score (nSPS) is 13.2. The number of benzene rings is 2. The first-order chi connectivity index (χ1) is 15.6. The summed E-state index contributed by atoms with van der Waals surface area (Å²) < 4.78 is 52.3. The molecule has 0 aliphatic heterocycles. The summed E-state index contributed by atoms with van der Waals surface area (Å²) in [4.78, 5) is 12.4. The third-order valence-electron chi connectivity index (χ3n) is 5.02. The van der Waals surface area contributed by atoms with Crippen molar-refractivity contribution in [3.05, 3.63) is 48.0 Å². The number of hydrogen-bond acceptors (Lipinski definition) is 5. The second-order valence-electron chi connectivity index (χ2n) is 7.89. The van der Waals surface area contributed by atoms with Gasteiger partial charge in [0.15, 0.2) is 11.5 Å². The molecule has 1 amide bonds. The number of halogens is 3. The van der Waals surface area contributed by atoms with Crippen LogP contribution >= 0.6 is 0 Å². The van der Waals surface area contributed by atoms with Crippen molar-refractivity contribution in [1.29, 1.82) is 5.26 Å². The summed E-state index contributed by atoms with van der Waals surface area (Å²) in [6.07, 6.45) is -4.44. The number of carbonyl (C=O) groups is 1. The molecule has 0 spiro atoms. The molecule has 9 heteroatoms. The van der Waals surface area contributed by atoms with Crippen LogP contribution in [0.3, 0.4) is 0 Å². The van der Waals surface area contributed by atoms with E-state index in [9.17, 15) is 18.0 Å². The van der Waals surface area contributed by atoms with Crippen LogP contribution in [0.5, 0.6) is 11.5 Å². The van der Waals surface area contributed by atoms with Crippen LogP contribution in [-0.2, 0) is 4.79 Å². The number of hydrogen-bond donors (Lipinski definition) is 2. The van der Waals surface area contributed by atoms with Crippen molar-refractivity contribution in [2.75, 3.05) is 20.8 Å². The lowest BCUT2D eigenvalue weighted by Gasteiger charge is -2.28. The van der Waals surface area contributed by atoms with Gasteiger partial charge in [-0.05, 0) is 41.2 Å². The van der Waals surface area contributed by atoms with Crippen molar-refractivity contribution in [3.8, 4) is 28.7 Å². The van der Waals surface area contributed by atoms with Gasteiger partial charge >= 0.3 is 6.18 Å². The van der Waals surface area contributed by atoms with E-state index >= 15 is 0 Å². The van der Waals surface area contributed by atoms with E-state index in [-0.39, 0.29) is 24.4 Å². The van der Waals surface area contributed by atoms with Gasteiger partial charge in [-0.1, -0.05) is 44.2 Å². The fraction of sp³-hybridized carbons (Fsp3) is 0.417. The fourth-order valence-electron chi connectivity index (χ4n) is 3.44. The predicted octanol–water partition coefficient (Wildman–Crippen LogP) is 4.62.